The van der Waals surface area contributed by atoms with E-state index < -0.39 is 0 Å². The van der Waals surface area contributed by atoms with Gasteiger partial charge in [0.05, 0.1) is 6.04 Å². The van der Waals surface area contributed by atoms with Gasteiger partial charge in [-0.15, -0.1) is 0 Å². The topological polar surface area (TPSA) is 20.3 Å². The van der Waals surface area contributed by atoms with Crippen molar-refractivity contribution in [3.05, 3.63) is 70.2 Å². The summed E-state index contributed by atoms with van der Waals surface area (Å²) in [5.41, 5.74) is 3.70. The molecule has 0 fully saturated rings. The van der Waals surface area contributed by atoms with Crippen LogP contribution in [0.3, 0.4) is 0 Å². The Morgan fingerprint density at radius 1 is 1.21 bits per heavy atom. The Kier molecular flexibility index (Phi) is 5.25. The van der Waals surface area contributed by atoms with Crippen LogP contribution in [-0.2, 0) is 11.2 Å². The molecule has 0 saturated heterocycles. The molecule has 2 nitrogen and oxygen atoms in total. The van der Waals surface area contributed by atoms with Crippen molar-refractivity contribution in [3.63, 3.8) is 0 Å². The van der Waals surface area contributed by atoms with E-state index in [0.29, 0.717) is 0 Å². The Balaban J connectivity index is 2.02. The highest BCUT2D eigenvalue weighted by Gasteiger charge is 2.33. The van der Waals surface area contributed by atoms with Crippen molar-refractivity contribution in [2.45, 2.75) is 39.2 Å². The Morgan fingerprint density at radius 3 is 2.62 bits per heavy atom. The lowest BCUT2D eigenvalue weighted by molar-refractivity contribution is -0.137. The van der Waals surface area contributed by atoms with E-state index in [-0.39, 0.29) is 17.9 Å². The van der Waals surface area contributed by atoms with Gasteiger partial charge in [-0.1, -0.05) is 68.3 Å². The van der Waals surface area contributed by atoms with Gasteiger partial charge < -0.3 is 4.90 Å². The molecule has 2 atom stereocenters. The smallest absolute Gasteiger partial charge is 0.226 e. The van der Waals surface area contributed by atoms with E-state index in [9.17, 15) is 4.79 Å². The van der Waals surface area contributed by atoms with Crippen LogP contribution in [0.15, 0.2) is 48.5 Å². The molecular weight excluding hydrogens is 318 g/mol. The van der Waals surface area contributed by atoms with Gasteiger partial charge in [-0.25, -0.2) is 0 Å². The fourth-order valence-electron chi connectivity index (χ4n) is 3.65. The predicted octanol–water partition coefficient (Wildman–Crippen LogP) is 5.25. The molecular formula is C21H24ClNO. The average Bonchev–Trinajstić information content (AvgIpc) is 2.61. The van der Waals surface area contributed by atoms with Crippen LogP contribution in [0.4, 0.5) is 0 Å². The van der Waals surface area contributed by atoms with Crippen molar-refractivity contribution in [2.75, 3.05) is 6.54 Å². The van der Waals surface area contributed by atoms with Crippen LogP contribution in [0.5, 0.6) is 0 Å². The van der Waals surface area contributed by atoms with Crippen molar-refractivity contribution < 1.29 is 4.79 Å². The molecule has 1 aliphatic rings. The zero-order chi connectivity index (χ0) is 17.1. The SMILES string of the molecule is CCC[C@@H](C)C(=O)N1CCc2ccccc2[C@@H]1c1ccc(Cl)cc1. The standard InChI is InChI=1S/C21H24ClNO/c1-3-6-15(2)21(24)23-14-13-16-7-4-5-8-19(16)20(23)17-9-11-18(22)12-10-17/h4-5,7-12,15,20H,3,6,13-14H2,1-2H3/t15-,20+/m1/s1. The summed E-state index contributed by atoms with van der Waals surface area (Å²) >= 11 is 6.06. The molecule has 0 spiro atoms. The molecule has 1 amide bonds. The average molecular weight is 342 g/mol. The second-order valence-corrected chi connectivity index (χ2v) is 7.06. The molecule has 0 aromatic heterocycles. The number of rotatable bonds is 4. The van der Waals surface area contributed by atoms with Crippen LogP contribution < -0.4 is 0 Å². The number of hydrogen-bond donors (Lipinski definition) is 0. The summed E-state index contributed by atoms with van der Waals surface area (Å²) in [5.74, 6) is 0.321. The highest BCUT2D eigenvalue weighted by atomic mass is 35.5. The van der Waals surface area contributed by atoms with Gasteiger partial charge in [0.2, 0.25) is 5.91 Å². The van der Waals surface area contributed by atoms with E-state index in [2.05, 4.69) is 36.1 Å². The summed E-state index contributed by atoms with van der Waals surface area (Å²) in [6, 6.07) is 16.4. The molecule has 0 saturated carbocycles. The second kappa shape index (κ2) is 7.40. The third kappa shape index (κ3) is 3.34. The summed E-state index contributed by atoms with van der Waals surface area (Å²) < 4.78 is 0. The molecule has 3 heteroatoms. The molecule has 1 heterocycles. The quantitative estimate of drug-likeness (QED) is 0.743. The zero-order valence-electron chi connectivity index (χ0n) is 14.3. The molecule has 0 unspecified atom stereocenters. The summed E-state index contributed by atoms with van der Waals surface area (Å²) in [6.45, 7) is 4.95. The van der Waals surface area contributed by atoms with E-state index in [1.807, 2.05) is 31.2 Å². The minimum atomic E-state index is -0.0148. The highest BCUT2D eigenvalue weighted by Crippen LogP contribution is 2.36. The first-order valence-corrected chi connectivity index (χ1v) is 9.13. The molecule has 2 aromatic rings. The first kappa shape index (κ1) is 17.0. The van der Waals surface area contributed by atoms with Crippen molar-refractivity contribution in [1.82, 2.24) is 4.90 Å². The maximum atomic E-state index is 13.0. The van der Waals surface area contributed by atoms with E-state index in [1.54, 1.807) is 0 Å². The Labute approximate surface area is 149 Å². The molecule has 1 aliphatic heterocycles. The maximum absolute atomic E-state index is 13.0. The summed E-state index contributed by atoms with van der Waals surface area (Å²) in [6.07, 6.45) is 2.89. The van der Waals surface area contributed by atoms with Crippen LogP contribution in [0, 0.1) is 5.92 Å². The van der Waals surface area contributed by atoms with Gasteiger partial charge >= 0.3 is 0 Å². The molecule has 24 heavy (non-hydrogen) atoms. The first-order valence-electron chi connectivity index (χ1n) is 8.75. The highest BCUT2D eigenvalue weighted by molar-refractivity contribution is 6.30. The Bertz CT molecular complexity index is 710. The van der Waals surface area contributed by atoms with Crippen molar-refractivity contribution in [1.29, 1.82) is 0 Å². The Hall–Kier alpha value is -1.80. The normalized spacial score (nSPS) is 18.1. The zero-order valence-corrected chi connectivity index (χ0v) is 15.1. The third-order valence-electron chi connectivity index (χ3n) is 4.90. The summed E-state index contributed by atoms with van der Waals surface area (Å²) in [5, 5.41) is 0.722. The monoisotopic (exact) mass is 341 g/mol. The first-order chi connectivity index (χ1) is 11.6. The van der Waals surface area contributed by atoms with E-state index >= 15 is 0 Å². The van der Waals surface area contributed by atoms with Crippen LogP contribution in [-0.4, -0.2) is 17.4 Å². The molecule has 0 radical (unpaired) electrons. The number of amides is 1. The van der Waals surface area contributed by atoms with E-state index in [1.165, 1.54) is 11.1 Å². The van der Waals surface area contributed by atoms with E-state index in [0.717, 1.165) is 36.4 Å². The van der Waals surface area contributed by atoms with Gasteiger partial charge in [-0.2, -0.15) is 0 Å². The predicted molar refractivity (Wildman–Crippen MR) is 99.2 cm³/mol. The number of benzene rings is 2. The molecule has 0 aliphatic carbocycles. The van der Waals surface area contributed by atoms with Crippen LogP contribution in [0.1, 0.15) is 49.4 Å². The van der Waals surface area contributed by atoms with Crippen LogP contribution in [0.25, 0.3) is 0 Å². The lowest BCUT2D eigenvalue weighted by Gasteiger charge is -2.39. The number of halogens is 1. The molecule has 3 rings (SSSR count). The van der Waals surface area contributed by atoms with Crippen LogP contribution in [0.2, 0.25) is 5.02 Å². The maximum Gasteiger partial charge on any atom is 0.226 e. The minimum absolute atomic E-state index is 0.0148. The van der Waals surface area contributed by atoms with Gasteiger partial charge in [0.15, 0.2) is 0 Å². The fraction of sp³-hybridized carbons (Fsp3) is 0.381. The second-order valence-electron chi connectivity index (χ2n) is 6.62. The third-order valence-corrected chi connectivity index (χ3v) is 5.15. The van der Waals surface area contributed by atoms with Gasteiger partial charge in [0.25, 0.3) is 0 Å². The number of nitrogens with zero attached hydrogens (tertiary/aromatic N) is 1. The molecule has 0 bridgehead atoms. The fourth-order valence-corrected chi connectivity index (χ4v) is 3.77. The largest absolute Gasteiger partial charge is 0.331 e. The molecule has 126 valence electrons. The minimum Gasteiger partial charge on any atom is -0.331 e. The van der Waals surface area contributed by atoms with Crippen LogP contribution >= 0.6 is 11.6 Å². The number of carbonyl (C=O) groups excluding carboxylic acids is 1. The number of hydrogen-bond acceptors (Lipinski definition) is 1. The lowest BCUT2D eigenvalue weighted by atomic mass is 9.87. The van der Waals surface area contributed by atoms with Crippen molar-refractivity contribution >= 4 is 17.5 Å². The van der Waals surface area contributed by atoms with Crippen molar-refractivity contribution in [3.8, 4) is 0 Å². The number of carbonyl (C=O) groups is 1. The van der Waals surface area contributed by atoms with Gasteiger partial charge in [0.1, 0.15) is 0 Å². The van der Waals surface area contributed by atoms with Gasteiger partial charge in [0, 0.05) is 17.5 Å². The lowest BCUT2D eigenvalue weighted by Crippen LogP contribution is -2.43. The summed E-state index contributed by atoms with van der Waals surface area (Å²) in [4.78, 5) is 15.1. The van der Waals surface area contributed by atoms with Gasteiger partial charge in [-0.3, -0.25) is 4.79 Å². The Morgan fingerprint density at radius 2 is 1.92 bits per heavy atom. The van der Waals surface area contributed by atoms with Crippen molar-refractivity contribution in [2.24, 2.45) is 5.92 Å². The molecule has 2 aromatic carbocycles. The van der Waals surface area contributed by atoms with E-state index in [4.69, 9.17) is 11.6 Å². The number of fused-ring (bicyclic) bond motifs is 1. The van der Waals surface area contributed by atoms with Gasteiger partial charge in [-0.05, 0) is 41.7 Å². The summed E-state index contributed by atoms with van der Waals surface area (Å²) in [7, 11) is 0. The molecule has 0 N–H and O–H groups in total.